The molecule has 0 radical (unpaired) electrons. The van der Waals surface area contributed by atoms with Gasteiger partial charge < -0.3 is 24.6 Å². The monoisotopic (exact) mass is 516 g/mol. The maximum absolute atomic E-state index is 7.32. The van der Waals surface area contributed by atoms with E-state index < -0.39 is 0 Å². The number of rotatable bonds is 3. The molecule has 1 unspecified atom stereocenters. The summed E-state index contributed by atoms with van der Waals surface area (Å²) in [5.41, 5.74) is 3.60. The molecule has 4 heterocycles. The van der Waals surface area contributed by atoms with Gasteiger partial charge in [0.1, 0.15) is 11.9 Å². The molecule has 2 fully saturated rings. The van der Waals surface area contributed by atoms with Crippen LogP contribution >= 0.6 is 0 Å². The van der Waals surface area contributed by atoms with Gasteiger partial charge in [-0.15, -0.1) is 0 Å². The van der Waals surface area contributed by atoms with E-state index in [9.17, 15) is 0 Å². The largest absolute Gasteiger partial charge is 0.469 e. The van der Waals surface area contributed by atoms with E-state index in [0.717, 1.165) is 50.4 Å². The minimum atomic E-state index is -0.0252. The third kappa shape index (κ3) is 6.53. The number of anilines is 1. The highest BCUT2D eigenvalue weighted by Gasteiger charge is 2.30. The summed E-state index contributed by atoms with van der Waals surface area (Å²) in [6.07, 6.45) is 4.61. The molecule has 0 spiro atoms. The molecule has 3 aliphatic heterocycles. The quantitative estimate of drug-likeness (QED) is 0.538. The highest BCUT2D eigenvalue weighted by atomic mass is 16.5. The number of likely N-dealkylation sites (tertiary alicyclic amines) is 1. The summed E-state index contributed by atoms with van der Waals surface area (Å²) < 4.78 is 11.9. The molecule has 38 heavy (non-hydrogen) atoms. The predicted molar refractivity (Wildman–Crippen MR) is 152 cm³/mol. The Bertz CT molecular complexity index is 1240. The molecular weight excluding hydrogens is 476 g/mol. The molecule has 202 valence electrons. The molecule has 0 aliphatic carbocycles. The minimum absolute atomic E-state index is 0.0252. The molecule has 1 atom stereocenters. The molecule has 3 aliphatic rings. The van der Waals surface area contributed by atoms with Crippen LogP contribution in [-0.2, 0) is 6.42 Å². The smallest absolute Gasteiger partial charge is 0.321 e. The summed E-state index contributed by atoms with van der Waals surface area (Å²) >= 11 is 0. The van der Waals surface area contributed by atoms with Crippen molar-refractivity contribution < 1.29 is 9.47 Å². The Labute approximate surface area is 226 Å². The molecule has 1 N–H and O–H groups in total. The number of fused-ring (bicyclic) bond motifs is 2. The number of hydrogen-bond donors (Lipinski definition) is 1. The van der Waals surface area contributed by atoms with Gasteiger partial charge in [0, 0.05) is 38.7 Å². The van der Waals surface area contributed by atoms with Gasteiger partial charge in [-0.3, -0.25) is 0 Å². The van der Waals surface area contributed by atoms with Crippen LogP contribution in [0, 0.1) is 18.3 Å². The second-order valence-corrected chi connectivity index (χ2v) is 9.95. The van der Waals surface area contributed by atoms with Crippen LogP contribution in [0.4, 0.5) is 5.82 Å². The Morgan fingerprint density at radius 1 is 1.05 bits per heavy atom. The van der Waals surface area contributed by atoms with E-state index in [0.29, 0.717) is 11.9 Å². The number of ether oxygens (including phenoxy) is 2. The first-order valence-electron chi connectivity index (χ1n) is 13.6. The summed E-state index contributed by atoms with van der Waals surface area (Å²) in [7, 11) is 3.78. The van der Waals surface area contributed by atoms with E-state index in [4.69, 9.17) is 14.7 Å². The molecule has 0 amide bonds. The number of nitrogens with zero attached hydrogens (tertiary/aromatic N) is 5. The number of benzene rings is 2. The number of aryl methyl sites for hydroxylation is 1. The molecule has 0 bridgehead atoms. The van der Waals surface area contributed by atoms with Crippen molar-refractivity contribution in [2.24, 2.45) is 0 Å². The van der Waals surface area contributed by atoms with Crippen LogP contribution in [-0.4, -0.2) is 68.3 Å². The van der Waals surface area contributed by atoms with Crippen LogP contribution in [0.1, 0.15) is 49.0 Å². The lowest BCUT2D eigenvalue weighted by Gasteiger charge is -2.33. The molecule has 6 rings (SSSR count). The van der Waals surface area contributed by atoms with Crippen molar-refractivity contribution >= 4 is 16.6 Å². The normalized spacial score (nSPS) is 18.7. The average molecular weight is 517 g/mol. The Morgan fingerprint density at radius 3 is 2.37 bits per heavy atom. The topological polar surface area (TPSA) is 86.5 Å². The summed E-state index contributed by atoms with van der Waals surface area (Å²) in [6.45, 7) is 10.0. The van der Waals surface area contributed by atoms with Gasteiger partial charge in [-0.1, -0.05) is 36.4 Å². The Kier molecular flexibility index (Phi) is 9.74. The van der Waals surface area contributed by atoms with Crippen LogP contribution in [0.2, 0.25) is 0 Å². The van der Waals surface area contributed by atoms with Crippen molar-refractivity contribution in [1.82, 2.24) is 20.2 Å². The first-order valence-corrected chi connectivity index (χ1v) is 13.6. The molecule has 2 aromatic carbocycles. The SMILES string of the molecule is CC#N.CN1CCCC1.COc1nc2c(c(N3CCNCC3)n1)CCC(c1cccc3cccc(C)c13)O2. The molecule has 8 nitrogen and oxygen atoms in total. The van der Waals surface area contributed by atoms with E-state index in [-0.39, 0.29) is 6.10 Å². The van der Waals surface area contributed by atoms with Gasteiger partial charge in [0.05, 0.1) is 18.7 Å². The lowest BCUT2D eigenvalue weighted by atomic mass is 9.92. The van der Waals surface area contributed by atoms with Crippen molar-refractivity contribution in [2.45, 2.75) is 45.6 Å². The number of methoxy groups -OCH3 is 1. The van der Waals surface area contributed by atoms with E-state index in [1.165, 1.54) is 54.8 Å². The molecule has 1 aromatic heterocycles. The fourth-order valence-electron chi connectivity index (χ4n) is 5.37. The number of hydrogen-bond acceptors (Lipinski definition) is 8. The maximum atomic E-state index is 7.32. The summed E-state index contributed by atoms with van der Waals surface area (Å²) in [6, 6.07) is 15.0. The van der Waals surface area contributed by atoms with Crippen LogP contribution in [0.15, 0.2) is 36.4 Å². The van der Waals surface area contributed by atoms with Gasteiger partial charge in [-0.05, 0) is 69.1 Å². The van der Waals surface area contributed by atoms with Crippen LogP contribution in [0.3, 0.4) is 0 Å². The van der Waals surface area contributed by atoms with Crippen molar-refractivity contribution in [2.75, 3.05) is 58.3 Å². The summed E-state index contributed by atoms with van der Waals surface area (Å²) in [5, 5.41) is 13.2. The number of nitriles is 1. The van der Waals surface area contributed by atoms with Crippen LogP contribution in [0.25, 0.3) is 10.8 Å². The molecule has 2 saturated heterocycles. The van der Waals surface area contributed by atoms with Crippen LogP contribution < -0.4 is 19.7 Å². The predicted octanol–water partition coefficient (Wildman–Crippen LogP) is 4.66. The second kappa shape index (κ2) is 13.4. The van der Waals surface area contributed by atoms with Crippen LogP contribution in [0.5, 0.6) is 11.9 Å². The summed E-state index contributed by atoms with van der Waals surface area (Å²) in [4.78, 5) is 13.9. The third-order valence-corrected chi connectivity index (χ3v) is 7.26. The van der Waals surface area contributed by atoms with E-state index >= 15 is 0 Å². The van der Waals surface area contributed by atoms with Gasteiger partial charge in [-0.25, -0.2) is 0 Å². The summed E-state index contributed by atoms with van der Waals surface area (Å²) in [5.74, 6) is 1.62. The maximum Gasteiger partial charge on any atom is 0.321 e. The van der Waals surface area contributed by atoms with E-state index in [1.54, 1.807) is 13.2 Å². The van der Waals surface area contributed by atoms with Gasteiger partial charge in [0.2, 0.25) is 5.88 Å². The lowest BCUT2D eigenvalue weighted by molar-refractivity contribution is 0.166. The van der Waals surface area contributed by atoms with E-state index in [2.05, 4.69) is 75.5 Å². The molecular formula is C30H40N6O2. The van der Waals surface area contributed by atoms with Gasteiger partial charge >= 0.3 is 6.01 Å². The van der Waals surface area contributed by atoms with Gasteiger partial charge in [0.15, 0.2) is 0 Å². The lowest BCUT2D eigenvalue weighted by Crippen LogP contribution is -2.44. The second-order valence-electron chi connectivity index (χ2n) is 9.95. The standard InChI is InChI=1S/C23H26N4O2.C5H11N.C2H3N/c1-15-5-3-6-16-7-4-8-17(20(15)16)19-10-9-18-21(27-13-11-24-12-14-27)25-23(28-2)26-22(18)29-19;1-6-4-2-3-5-6;1-2-3/h3-8,19,24H,9-14H2,1-2H3;2-5H2,1H3;1H3. The van der Waals surface area contributed by atoms with Crippen molar-refractivity contribution in [3.8, 4) is 18.0 Å². The van der Waals surface area contributed by atoms with Gasteiger partial charge in [-0.2, -0.15) is 15.2 Å². The zero-order valence-electron chi connectivity index (χ0n) is 23.2. The Balaban J connectivity index is 0.000000321. The first kappa shape index (κ1) is 27.6. The molecule has 0 saturated carbocycles. The molecule has 8 heteroatoms. The number of aromatic nitrogens is 2. The zero-order valence-corrected chi connectivity index (χ0v) is 23.2. The average Bonchev–Trinajstić information content (AvgIpc) is 3.44. The van der Waals surface area contributed by atoms with E-state index in [1.807, 2.05) is 0 Å². The Morgan fingerprint density at radius 2 is 1.74 bits per heavy atom. The molecule has 3 aromatic rings. The number of piperazine rings is 1. The number of nitrogens with one attached hydrogen (secondary N) is 1. The fourth-order valence-corrected chi connectivity index (χ4v) is 5.37. The highest BCUT2D eigenvalue weighted by molar-refractivity contribution is 5.89. The first-order chi connectivity index (χ1) is 18.5. The highest BCUT2D eigenvalue weighted by Crippen LogP contribution is 2.41. The minimum Gasteiger partial charge on any atom is -0.469 e. The van der Waals surface area contributed by atoms with Crippen molar-refractivity contribution in [3.63, 3.8) is 0 Å². The van der Waals surface area contributed by atoms with Gasteiger partial charge in [0.25, 0.3) is 0 Å². The van der Waals surface area contributed by atoms with Crippen molar-refractivity contribution in [1.29, 1.82) is 5.26 Å². The zero-order chi connectivity index (χ0) is 26.9. The Hall–Kier alpha value is -3.41. The fraction of sp³-hybridized carbons (Fsp3) is 0.500. The third-order valence-electron chi connectivity index (χ3n) is 7.26. The van der Waals surface area contributed by atoms with Crippen molar-refractivity contribution in [3.05, 3.63) is 53.1 Å².